The smallest absolute Gasteiger partial charge is 0.317 e. The summed E-state index contributed by atoms with van der Waals surface area (Å²) in [6, 6.07) is 5.70. The standard InChI is InChI=1S/C15H25N3O/c1-5-13(6-2)11-17-15(19)18(4)12(3)14-9-7-8-10-16-14/h7-10,12-13H,5-6,11H2,1-4H3,(H,17,19)/t12-/m0/s1. The number of carbonyl (C=O) groups excluding carboxylic acids is 1. The fourth-order valence-corrected chi connectivity index (χ4v) is 1.93. The summed E-state index contributed by atoms with van der Waals surface area (Å²) in [5.41, 5.74) is 0.905. The van der Waals surface area contributed by atoms with E-state index in [1.54, 1.807) is 11.1 Å². The molecule has 1 aromatic heterocycles. The number of amides is 2. The van der Waals surface area contributed by atoms with E-state index < -0.39 is 0 Å². The van der Waals surface area contributed by atoms with Gasteiger partial charge >= 0.3 is 6.03 Å². The zero-order valence-corrected chi connectivity index (χ0v) is 12.4. The quantitative estimate of drug-likeness (QED) is 0.856. The highest BCUT2D eigenvalue weighted by atomic mass is 16.2. The Hall–Kier alpha value is -1.58. The van der Waals surface area contributed by atoms with Crippen LogP contribution >= 0.6 is 0 Å². The number of urea groups is 1. The summed E-state index contributed by atoms with van der Waals surface area (Å²) in [5, 5.41) is 2.99. The second kappa shape index (κ2) is 7.77. The van der Waals surface area contributed by atoms with Crippen molar-refractivity contribution < 1.29 is 4.79 Å². The maximum Gasteiger partial charge on any atom is 0.317 e. The monoisotopic (exact) mass is 263 g/mol. The molecule has 0 fully saturated rings. The summed E-state index contributed by atoms with van der Waals surface area (Å²) < 4.78 is 0. The van der Waals surface area contributed by atoms with Crippen molar-refractivity contribution in [1.82, 2.24) is 15.2 Å². The third-order valence-electron chi connectivity index (χ3n) is 3.71. The summed E-state index contributed by atoms with van der Waals surface area (Å²) in [5.74, 6) is 0.558. The molecule has 0 unspecified atom stereocenters. The van der Waals surface area contributed by atoms with Crippen LogP contribution in [0.2, 0.25) is 0 Å². The summed E-state index contributed by atoms with van der Waals surface area (Å²) in [4.78, 5) is 18.1. The van der Waals surface area contributed by atoms with Gasteiger partial charge in [0.2, 0.25) is 0 Å². The molecule has 1 aromatic rings. The van der Waals surface area contributed by atoms with Gasteiger partial charge in [0.1, 0.15) is 0 Å². The summed E-state index contributed by atoms with van der Waals surface area (Å²) in [6.45, 7) is 7.03. The first-order chi connectivity index (χ1) is 9.10. The second-order valence-electron chi connectivity index (χ2n) is 4.91. The van der Waals surface area contributed by atoms with E-state index in [0.717, 1.165) is 25.1 Å². The number of nitrogens with one attached hydrogen (secondary N) is 1. The third-order valence-corrected chi connectivity index (χ3v) is 3.71. The Morgan fingerprint density at radius 1 is 1.37 bits per heavy atom. The first kappa shape index (κ1) is 15.5. The number of pyridine rings is 1. The zero-order valence-electron chi connectivity index (χ0n) is 12.4. The molecule has 1 heterocycles. The van der Waals surface area contributed by atoms with E-state index in [9.17, 15) is 4.79 Å². The lowest BCUT2D eigenvalue weighted by Gasteiger charge is -2.25. The van der Waals surface area contributed by atoms with Crippen molar-refractivity contribution >= 4 is 6.03 Å². The van der Waals surface area contributed by atoms with Crippen LogP contribution in [-0.2, 0) is 0 Å². The van der Waals surface area contributed by atoms with Crippen LogP contribution in [0.5, 0.6) is 0 Å². The van der Waals surface area contributed by atoms with Gasteiger partial charge in [-0.15, -0.1) is 0 Å². The van der Waals surface area contributed by atoms with Gasteiger partial charge in [-0.05, 0) is 25.0 Å². The number of carbonyl (C=O) groups is 1. The number of hydrogen-bond donors (Lipinski definition) is 1. The van der Waals surface area contributed by atoms with Gasteiger partial charge < -0.3 is 10.2 Å². The number of nitrogens with zero attached hydrogens (tertiary/aromatic N) is 2. The molecule has 4 heteroatoms. The Balaban J connectivity index is 2.52. The van der Waals surface area contributed by atoms with E-state index >= 15 is 0 Å². The molecule has 0 radical (unpaired) electrons. The Morgan fingerprint density at radius 3 is 2.58 bits per heavy atom. The lowest BCUT2D eigenvalue weighted by Crippen LogP contribution is -2.40. The minimum absolute atomic E-state index is 0.0251. The molecular weight excluding hydrogens is 238 g/mol. The summed E-state index contributed by atoms with van der Waals surface area (Å²) in [6.07, 6.45) is 3.94. The van der Waals surface area contributed by atoms with Crippen LogP contribution in [0, 0.1) is 5.92 Å². The fraction of sp³-hybridized carbons (Fsp3) is 0.600. The van der Waals surface area contributed by atoms with Crippen molar-refractivity contribution in [2.24, 2.45) is 5.92 Å². The first-order valence-electron chi connectivity index (χ1n) is 7.01. The van der Waals surface area contributed by atoms with Crippen molar-refractivity contribution in [1.29, 1.82) is 0 Å². The lowest BCUT2D eigenvalue weighted by molar-refractivity contribution is 0.191. The van der Waals surface area contributed by atoms with Gasteiger partial charge in [0.05, 0.1) is 11.7 Å². The summed E-state index contributed by atoms with van der Waals surface area (Å²) >= 11 is 0. The molecule has 2 amide bonds. The van der Waals surface area contributed by atoms with Crippen LogP contribution in [0.15, 0.2) is 24.4 Å². The van der Waals surface area contributed by atoms with Gasteiger partial charge in [-0.3, -0.25) is 4.98 Å². The van der Waals surface area contributed by atoms with Crippen molar-refractivity contribution in [3.05, 3.63) is 30.1 Å². The fourth-order valence-electron chi connectivity index (χ4n) is 1.93. The van der Waals surface area contributed by atoms with Gasteiger partial charge in [0, 0.05) is 19.8 Å². The van der Waals surface area contributed by atoms with E-state index in [2.05, 4.69) is 24.1 Å². The zero-order chi connectivity index (χ0) is 14.3. The van der Waals surface area contributed by atoms with E-state index in [0.29, 0.717) is 5.92 Å². The molecule has 0 saturated heterocycles. The van der Waals surface area contributed by atoms with Crippen molar-refractivity contribution in [3.63, 3.8) is 0 Å². The Morgan fingerprint density at radius 2 is 2.05 bits per heavy atom. The number of aromatic nitrogens is 1. The molecule has 4 nitrogen and oxygen atoms in total. The highest BCUT2D eigenvalue weighted by Crippen LogP contribution is 2.15. The van der Waals surface area contributed by atoms with Crippen LogP contribution in [0.4, 0.5) is 4.79 Å². The van der Waals surface area contributed by atoms with E-state index in [1.165, 1.54) is 0 Å². The van der Waals surface area contributed by atoms with Gasteiger partial charge in [-0.25, -0.2) is 4.79 Å². The number of rotatable bonds is 6. The first-order valence-corrected chi connectivity index (χ1v) is 7.01. The minimum Gasteiger partial charge on any atom is -0.338 e. The second-order valence-corrected chi connectivity index (χ2v) is 4.91. The molecule has 0 aliphatic carbocycles. The van der Waals surface area contributed by atoms with Crippen LogP contribution in [0.1, 0.15) is 45.3 Å². The highest BCUT2D eigenvalue weighted by Gasteiger charge is 2.18. The maximum atomic E-state index is 12.1. The van der Waals surface area contributed by atoms with Crippen LogP contribution < -0.4 is 5.32 Å². The molecule has 0 saturated carbocycles. The van der Waals surface area contributed by atoms with Crippen LogP contribution in [-0.4, -0.2) is 29.5 Å². The molecule has 1 N–H and O–H groups in total. The average Bonchev–Trinajstić information content (AvgIpc) is 2.47. The van der Waals surface area contributed by atoms with Crippen LogP contribution in [0.3, 0.4) is 0 Å². The predicted molar refractivity (Wildman–Crippen MR) is 77.9 cm³/mol. The maximum absolute atomic E-state index is 12.1. The largest absolute Gasteiger partial charge is 0.338 e. The number of hydrogen-bond acceptors (Lipinski definition) is 2. The van der Waals surface area contributed by atoms with E-state index in [1.807, 2.05) is 32.2 Å². The highest BCUT2D eigenvalue weighted by molar-refractivity contribution is 5.74. The molecule has 0 aliphatic rings. The van der Waals surface area contributed by atoms with Crippen LogP contribution in [0.25, 0.3) is 0 Å². The Bertz CT molecular complexity index is 376. The minimum atomic E-state index is -0.0370. The third kappa shape index (κ3) is 4.54. The summed E-state index contributed by atoms with van der Waals surface area (Å²) in [7, 11) is 1.81. The van der Waals surface area contributed by atoms with Gasteiger partial charge in [0.25, 0.3) is 0 Å². The van der Waals surface area contributed by atoms with Crippen molar-refractivity contribution in [2.75, 3.05) is 13.6 Å². The molecule has 0 aromatic carbocycles. The molecule has 0 aliphatic heterocycles. The van der Waals surface area contributed by atoms with Gasteiger partial charge in [0.15, 0.2) is 0 Å². The molecule has 0 bridgehead atoms. The molecule has 19 heavy (non-hydrogen) atoms. The lowest BCUT2D eigenvalue weighted by atomic mass is 10.0. The molecule has 106 valence electrons. The van der Waals surface area contributed by atoms with Gasteiger partial charge in [-0.2, -0.15) is 0 Å². The average molecular weight is 263 g/mol. The van der Waals surface area contributed by atoms with E-state index in [-0.39, 0.29) is 12.1 Å². The molecule has 0 spiro atoms. The Labute approximate surface area is 116 Å². The predicted octanol–water partition coefficient (Wildman–Crippen LogP) is 3.22. The van der Waals surface area contributed by atoms with Gasteiger partial charge in [-0.1, -0.05) is 32.8 Å². The van der Waals surface area contributed by atoms with Crippen molar-refractivity contribution in [3.8, 4) is 0 Å². The Kier molecular flexibility index (Phi) is 6.33. The molecule has 1 atom stereocenters. The molecular formula is C15H25N3O. The topological polar surface area (TPSA) is 45.2 Å². The van der Waals surface area contributed by atoms with E-state index in [4.69, 9.17) is 0 Å². The molecule has 1 rings (SSSR count). The SMILES string of the molecule is CCC(CC)CNC(=O)N(C)[C@@H](C)c1ccccn1. The van der Waals surface area contributed by atoms with Crippen molar-refractivity contribution in [2.45, 2.75) is 39.7 Å². The normalized spacial score (nSPS) is 12.3.